The van der Waals surface area contributed by atoms with Crippen LogP contribution in [-0.4, -0.2) is 19.9 Å². The third kappa shape index (κ3) is 1.74. The first-order valence-corrected chi connectivity index (χ1v) is 5.62. The number of para-hydroxylation sites is 1. The SMILES string of the molecule is Nc1cc(F)c([N+](=O)[O-])cc1-n1nnc2ccccc21. The number of nitrogen functional groups attached to an aromatic ring is 1. The molecule has 2 aromatic carbocycles. The molecule has 0 aliphatic heterocycles. The minimum Gasteiger partial charge on any atom is -0.397 e. The minimum atomic E-state index is -0.985. The third-order valence-electron chi connectivity index (χ3n) is 2.87. The predicted molar refractivity (Wildman–Crippen MR) is 69.9 cm³/mol. The number of nitro benzene ring substituents is 1. The van der Waals surface area contributed by atoms with Crippen LogP contribution in [-0.2, 0) is 0 Å². The summed E-state index contributed by atoms with van der Waals surface area (Å²) in [6.45, 7) is 0. The van der Waals surface area contributed by atoms with Crippen LogP contribution < -0.4 is 5.73 Å². The van der Waals surface area contributed by atoms with Gasteiger partial charge in [-0.2, -0.15) is 4.39 Å². The lowest BCUT2D eigenvalue weighted by molar-refractivity contribution is -0.387. The summed E-state index contributed by atoms with van der Waals surface area (Å²) in [5.74, 6) is -0.985. The summed E-state index contributed by atoms with van der Waals surface area (Å²) in [6, 6.07) is 9.00. The van der Waals surface area contributed by atoms with Gasteiger partial charge in [0, 0.05) is 12.1 Å². The molecule has 0 aliphatic carbocycles. The van der Waals surface area contributed by atoms with E-state index >= 15 is 0 Å². The average Bonchev–Trinajstić information content (AvgIpc) is 2.82. The lowest BCUT2D eigenvalue weighted by atomic mass is 10.2. The number of nitrogens with zero attached hydrogens (tertiary/aromatic N) is 4. The molecule has 0 aliphatic rings. The summed E-state index contributed by atoms with van der Waals surface area (Å²) in [5.41, 5.74) is 6.56. The number of fused-ring (bicyclic) bond motifs is 1. The van der Waals surface area contributed by atoms with Gasteiger partial charge in [0.15, 0.2) is 0 Å². The lowest BCUT2D eigenvalue weighted by Gasteiger charge is -2.06. The van der Waals surface area contributed by atoms with Crippen molar-refractivity contribution in [3.8, 4) is 5.69 Å². The van der Waals surface area contributed by atoms with Crippen LogP contribution in [0.25, 0.3) is 16.7 Å². The Morgan fingerprint density at radius 2 is 2.05 bits per heavy atom. The molecule has 0 saturated heterocycles. The van der Waals surface area contributed by atoms with Gasteiger partial charge in [-0.25, -0.2) is 4.68 Å². The van der Waals surface area contributed by atoms with Gasteiger partial charge >= 0.3 is 5.69 Å². The molecule has 0 fully saturated rings. The van der Waals surface area contributed by atoms with E-state index in [-0.39, 0.29) is 11.4 Å². The number of rotatable bonds is 2. The molecule has 0 unspecified atom stereocenters. The van der Waals surface area contributed by atoms with Crippen molar-refractivity contribution in [2.45, 2.75) is 0 Å². The Morgan fingerprint density at radius 3 is 2.80 bits per heavy atom. The predicted octanol–water partition coefficient (Wildman–Crippen LogP) is 2.05. The highest BCUT2D eigenvalue weighted by Crippen LogP contribution is 2.28. The molecule has 0 spiro atoms. The van der Waals surface area contributed by atoms with Gasteiger partial charge in [-0.05, 0) is 12.1 Å². The van der Waals surface area contributed by atoms with Crippen LogP contribution in [0.5, 0.6) is 0 Å². The zero-order chi connectivity index (χ0) is 14.3. The van der Waals surface area contributed by atoms with Crippen LogP contribution in [0.4, 0.5) is 15.8 Å². The smallest absolute Gasteiger partial charge is 0.307 e. The molecule has 3 rings (SSSR count). The molecular weight excluding hydrogens is 265 g/mol. The summed E-state index contributed by atoms with van der Waals surface area (Å²) in [7, 11) is 0. The highest BCUT2D eigenvalue weighted by molar-refractivity contribution is 5.78. The van der Waals surface area contributed by atoms with Crippen molar-refractivity contribution in [3.63, 3.8) is 0 Å². The molecule has 0 bridgehead atoms. The summed E-state index contributed by atoms with van der Waals surface area (Å²) in [4.78, 5) is 9.99. The Bertz CT molecular complexity index is 830. The van der Waals surface area contributed by atoms with Gasteiger partial charge in [-0.15, -0.1) is 5.10 Å². The number of nitrogens with two attached hydrogens (primary N) is 1. The van der Waals surface area contributed by atoms with Crippen LogP contribution in [0.1, 0.15) is 0 Å². The molecule has 0 saturated carbocycles. The van der Waals surface area contributed by atoms with Crippen molar-refractivity contribution in [3.05, 3.63) is 52.3 Å². The van der Waals surface area contributed by atoms with Gasteiger partial charge in [0.05, 0.1) is 21.8 Å². The van der Waals surface area contributed by atoms with Gasteiger partial charge in [0.1, 0.15) is 5.52 Å². The van der Waals surface area contributed by atoms with E-state index in [2.05, 4.69) is 10.3 Å². The van der Waals surface area contributed by atoms with Crippen molar-refractivity contribution in [1.82, 2.24) is 15.0 Å². The number of hydrogen-bond acceptors (Lipinski definition) is 5. The van der Waals surface area contributed by atoms with E-state index in [1.54, 1.807) is 24.3 Å². The maximum absolute atomic E-state index is 13.5. The van der Waals surface area contributed by atoms with Crippen molar-refractivity contribution in [2.24, 2.45) is 0 Å². The quantitative estimate of drug-likeness (QED) is 0.437. The Labute approximate surface area is 111 Å². The second-order valence-corrected chi connectivity index (χ2v) is 4.11. The van der Waals surface area contributed by atoms with E-state index in [1.807, 2.05) is 0 Å². The van der Waals surface area contributed by atoms with Gasteiger partial charge in [0.25, 0.3) is 0 Å². The first-order chi connectivity index (χ1) is 9.58. The fraction of sp³-hybridized carbons (Fsp3) is 0. The minimum absolute atomic E-state index is 0.0451. The van der Waals surface area contributed by atoms with Gasteiger partial charge < -0.3 is 5.73 Å². The molecule has 100 valence electrons. The molecule has 8 heteroatoms. The molecule has 0 amide bonds. The molecule has 2 N–H and O–H groups in total. The highest BCUT2D eigenvalue weighted by atomic mass is 19.1. The van der Waals surface area contributed by atoms with Crippen LogP contribution >= 0.6 is 0 Å². The first kappa shape index (κ1) is 12.0. The van der Waals surface area contributed by atoms with E-state index in [9.17, 15) is 14.5 Å². The topological polar surface area (TPSA) is 99.9 Å². The van der Waals surface area contributed by atoms with Crippen molar-refractivity contribution in [2.75, 3.05) is 5.73 Å². The molecule has 0 radical (unpaired) electrons. The van der Waals surface area contributed by atoms with Crippen LogP contribution in [0.3, 0.4) is 0 Å². The van der Waals surface area contributed by atoms with E-state index in [1.165, 1.54) is 4.68 Å². The Kier molecular flexibility index (Phi) is 2.56. The summed E-state index contributed by atoms with van der Waals surface area (Å²) in [5, 5.41) is 18.6. The Morgan fingerprint density at radius 1 is 1.30 bits per heavy atom. The summed E-state index contributed by atoms with van der Waals surface area (Å²) >= 11 is 0. The third-order valence-corrected chi connectivity index (χ3v) is 2.87. The van der Waals surface area contributed by atoms with Gasteiger partial charge in [-0.3, -0.25) is 10.1 Å². The van der Waals surface area contributed by atoms with Crippen molar-refractivity contribution >= 4 is 22.4 Å². The Balaban J connectivity index is 2.29. The fourth-order valence-corrected chi connectivity index (χ4v) is 1.94. The van der Waals surface area contributed by atoms with Gasteiger partial charge in [0.2, 0.25) is 5.82 Å². The monoisotopic (exact) mass is 273 g/mol. The lowest BCUT2D eigenvalue weighted by Crippen LogP contribution is -2.04. The van der Waals surface area contributed by atoms with Crippen LogP contribution in [0, 0.1) is 15.9 Å². The average molecular weight is 273 g/mol. The summed E-state index contributed by atoms with van der Waals surface area (Å²) < 4.78 is 14.8. The van der Waals surface area contributed by atoms with E-state index in [0.29, 0.717) is 11.0 Å². The number of anilines is 1. The number of hydrogen-bond donors (Lipinski definition) is 1. The molecule has 7 nitrogen and oxygen atoms in total. The molecular formula is C12H8FN5O2. The molecule has 1 heterocycles. The number of nitro groups is 1. The largest absolute Gasteiger partial charge is 0.397 e. The first-order valence-electron chi connectivity index (χ1n) is 5.62. The second-order valence-electron chi connectivity index (χ2n) is 4.11. The normalized spacial score (nSPS) is 10.8. The summed E-state index contributed by atoms with van der Waals surface area (Å²) in [6.07, 6.45) is 0. The number of benzene rings is 2. The number of aromatic nitrogens is 3. The van der Waals surface area contributed by atoms with E-state index in [4.69, 9.17) is 5.73 Å². The zero-order valence-corrected chi connectivity index (χ0v) is 10.0. The molecule has 3 aromatic rings. The number of halogens is 1. The highest BCUT2D eigenvalue weighted by Gasteiger charge is 2.19. The van der Waals surface area contributed by atoms with Crippen LogP contribution in [0.2, 0.25) is 0 Å². The van der Waals surface area contributed by atoms with Crippen molar-refractivity contribution < 1.29 is 9.31 Å². The maximum atomic E-state index is 13.5. The molecule has 1 aromatic heterocycles. The van der Waals surface area contributed by atoms with Crippen LogP contribution in [0.15, 0.2) is 36.4 Å². The van der Waals surface area contributed by atoms with Gasteiger partial charge in [-0.1, -0.05) is 17.3 Å². The Hall–Kier alpha value is -3.03. The fourth-order valence-electron chi connectivity index (χ4n) is 1.94. The standard InChI is InChI=1S/C12H8FN5O2/c13-7-5-8(14)12(6-11(7)18(19)20)17-10-4-2-1-3-9(10)15-16-17/h1-6H,14H2. The molecule has 0 atom stereocenters. The zero-order valence-electron chi connectivity index (χ0n) is 10.0. The van der Waals surface area contributed by atoms with Crippen molar-refractivity contribution in [1.29, 1.82) is 0 Å². The maximum Gasteiger partial charge on any atom is 0.307 e. The van der Waals surface area contributed by atoms with E-state index in [0.717, 1.165) is 12.1 Å². The van der Waals surface area contributed by atoms with E-state index < -0.39 is 16.4 Å². The second kappa shape index (κ2) is 4.26. The molecule has 20 heavy (non-hydrogen) atoms.